The Morgan fingerprint density at radius 2 is 1.81 bits per heavy atom. The number of halogens is 3. The molecule has 0 aromatic heterocycles. The van der Waals surface area contributed by atoms with Gasteiger partial charge in [-0.05, 0) is 36.6 Å². The average Bonchev–Trinajstić information content (AvgIpc) is 2.85. The Labute approximate surface area is 216 Å². The summed E-state index contributed by atoms with van der Waals surface area (Å²) in [6.45, 7) is 1.33. The van der Waals surface area contributed by atoms with Crippen LogP contribution in [-0.4, -0.2) is 53.8 Å². The Bertz CT molecular complexity index is 1040. The van der Waals surface area contributed by atoms with E-state index in [-0.39, 0.29) is 61.9 Å². The third-order valence-corrected chi connectivity index (χ3v) is 7.49. The van der Waals surface area contributed by atoms with Gasteiger partial charge in [-0.1, -0.05) is 48.0 Å². The van der Waals surface area contributed by atoms with Gasteiger partial charge in [0.05, 0.1) is 0 Å². The molecule has 4 rings (SSSR count). The van der Waals surface area contributed by atoms with Crippen LogP contribution in [0.1, 0.15) is 44.1 Å². The molecule has 2 amide bonds. The van der Waals surface area contributed by atoms with E-state index < -0.39 is 5.92 Å². The fraction of sp³-hybridized carbons (Fsp3) is 0.500. The summed E-state index contributed by atoms with van der Waals surface area (Å²) in [7, 11) is 1.77. The first-order chi connectivity index (χ1) is 17.2. The van der Waals surface area contributed by atoms with Crippen LogP contribution in [0, 0.1) is 11.8 Å². The zero-order valence-corrected chi connectivity index (χ0v) is 21.3. The van der Waals surface area contributed by atoms with Gasteiger partial charge in [-0.2, -0.15) is 0 Å². The van der Waals surface area contributed by atoms with Gasteiger partial charge in [-0.15, -0.1) is 0 Å². The highest BCUT2D eigenvalue weighted by Gasteiger charge is 2.41. The van der Waals surface area contributed by atoms with Gasteiger partial charge in [-0.25, -0.2) is 8.78 Å². The molecule has 1 aliphatic heterocycles. The Morgan fingerprint density at radius 3 is 2.50 bits per heavy atom. The SMILES string of the molecule is CN(Cc1ccccc1)C(=O)C[C@H]1CN(C(=O)C2CCC(F)(F)CC2)CC[C@@H]1Oc1cccc(Cl)c1. The molecular formula is C28H33ClF2N2O3. The number of benzene rings is 2. The van der Waals surface area contributed by atoms with Crippen molar-refractivity contribution in [3.8, 4) is 5.75 Å². The summed E-state index contributed by atoms with van der Waals surface area (Å²) in [6.07, 6.45) is 0.427. The van der Waals surface area contributed by atoms with E-state index in [1.54, 1.807) is 29.0 Å². The van der Waals surface area contributed by atoms with Crippen molar-refractivity contribution >= 4 is 23.4 Å². The largest absolute Gasteiger partial charge is 0.490 e. The Hall–Kier alpha value is -2.67. The number of carbonyl (C=O) groups excluding carboxylic acids is 2. The first-order valence-electron chi connectivity index (χ1n) is 12.6. The fourth-order valence-electron chi connectivity index (χ4n) is 5.15. The lowest BCUT2D eigenvalue weighted by Gasteiger charge is -2.41. The minimum absolute atomic E-state index is 0.0323. The molecule has 0 bridgehead atoms. The normalized spacial score (nSPS) is 22.2. The molecular weight excluding hydrogens is 486 g/mol. The summed E-state index contributed by atoms with van der Waals surface area (Å²) in [6, 6.07) is 16.9. The van der Waals surface area contributed by atoms with Crippen LogP contribution in [0.2, 0.25) is 5.02 Å². The van der Waals surface area contributed by atoms with Gasteiger partial charge in [0.1, 0.15) is 11.9 Å². The summed E-state index contributed by atoms with van der Waals surface area (Å²) < 4.78 is 33.5. The lowest BCUT2D eigenvalue weighted by molar-refractivity contribution is -0.145. The second kappa shape index (κ2) is 11.6. The zero-order valence-electron chi connectivity index (χ0n) is 20.5. The average molecular weight is 519 g/mol. The van der Waals surface area contributed by atoms with Crippen molar-refractivity contribution in [2.45, 2.75) is 57.1 Å². The Kier molecular flexibility index (Phi) is 8.50. The highest BCUT2D eigenvalue weighted by atomic mass is 35.5. The molecule has 1 saturated carbocycles. The number of hydrogen-bond donors (Lipinski definition) is 0. The van der Waals surface area contributed by atoms with E-state index in [1.165, 1.54) is 0 Å². The van der Waals surface area contributed by atoms with E-state index in [1.807, 2.05) is 42.5 Å². The molecule has 36 heavy (non-hydrogen) atoms. The van der Waals surface area contributed by atoms with E-state index in [4.69, 9.17) is 16.3 Å². The Balaban J connectivity index is 1.44. The third kappa shape index (κ3) is 6.96. The highest BCUT2D eigenvalue weighted by molar-refractivity contribution is 6.30. The molecule has 0 unspecified atom stereocenters. The van der Waals surface area contributed by atoms with Crippen molar-refractivity contribution in [1.29, 1.82) is 0 Å². The van der Waals surface area contributed by atoms with Gasteiger partial charge >= 0.3 is 0 Å². The third-order valence-electron chi connectivity index (χ3n) is 7.25. The quantitative estimate of drug-likeness (QED) is 0.465. The van der Waals surface area contributed by atoms with Crippen LogP contribution in [0.3, 0.4) is 0 Å². The van der Waals surface area contributed by atoms with Gasteiger partial charge in [0, 0.05) is 69.2 Å². The van der Waals surface area contributed by atoms with E-state index in [2.05, 4.69) is 0 Å². The molecule has 0 radical (unpaired) electrons. The van der Waals surface area contributed by atoms with Crippen LogP contribution in [0.25, 0.3) is 0 Å². The summed E-state index contributed by atoms with van der Waals surface area (Å²) in [4.78, 5) is 29.8. The molecule has 2 aromatic rings. The molecule has 194 valence electrons. The summed E-state index contributed by atoms with van der Waals surface area (Å²) in [5.74, 6) is -2.77. The van der Waals surface area contributed by atoms with Crippen LogP contribution in [0.15, 0.2) is 54.6 Å². The molecule has 8 heteroatoms. The number of amides is 2. The van der Waals surface area contributed by atoms with Gasteiger partial charge in [-0.3, -0.25) is 9.59 Å². The number of rotatable bonds is 7. The van der Waals surface area contributed by atoms with E-state index >= 15 is 0 Å². The second-order valence-corrected chi connectivity index (χ2v) is 10.5. The molecule has 2 fully saturated rings. The van der Waals surface area contributed by atoms with Crippen molar-refractivity contribution in [3.63, 3.8) is 0 Å². The molecule has 2 aromatic carbocycles. The number of alkyl halides is 2. The van der Waals surface area contributed by atoms with Gasteiger partial charge in [0.2, 0.25) is 17.7 Å². The molecule has 2 aliphatic rings. The van der Waals surface area contributed by atoms with Crippen LogP contribution in [-0.2, 0) is 16.1 Å². The molecule has 1 saturated heterocycles. The molecule has 0 spiro atoms. The van der Waals surface area contributed by atoms with Crippen molar-refractivity contribution in [1.82, 2.24) is 9.80 Å². The summed E-state index contributed by atoms with van der Waals surface area (Å²) >= 11 is 6.13. The van der Waals surface area contributed by atoms with Crippen molar-refractivity contribution in [2.75, 3.05) is 20.1 Å². The number of likely N-dealkylation sites (tertiary alicyclic amines) is 1. The number of hydrogen-bond acceptors (Lipinski definition) is 3. The summed E-state index contributed by atoms with van der Waals surface area (Å²) in [5, 5.41) is 0.560. The highest BCUT2D eigenvalue weighted by Crippen LogP contribution is 2.38. The van der Waals surface area contributed by atoms with Crippen LogP contribution >= 0.6 is 11.6 Å². The lowest BCUT2D eigenvalue weighted by atomic mass is 9.84. The maximum absolute atomic E-state index is 13.6. The fourth-order valence-corrected chi connectivity index (χ4v) is 5.33. The number of nitrogens with zero attached hydrogens (tertiary/aromatic N) is 2. The van der Waals surface area contributed by atoms with Gasteiger partial charge in [0.25, 0.3) is 0 Å². The van der Waals surface area contributed by atoms with Crippen molar-refractivity contribution in [2.24, 2.45) is 11.8 Å². The van der Waals surface area contributed by atoms with Crippen molar-refractivity contribution < 1.29 is 23.1 Å². The zero-order chi connectivity index (χ0) is 25.7. The molecule has 0 N–H and O–H groups in total. The molecule has 1 aliphatic carbocycles. The van der Waals surface area contributed by atoms with Gasteiger partial charge in [0.15, 0.2) is 0 Å². The smallest absolute Gasteiger partial charge is 0.248 e. The number of ether oxygens (including phenoxy) is 1. The lowest BCUT2D eigenvalue weighted by Crippen LogP contribution is -2.51. The van der Waals surface area contributed by atoms with Gasteiger partial charge < -0.3 is 14.5 Å². The monoisotopic (exact) mass is 518 g/mol. The first-order valence-corrected chi connectivity index (χ1v) is 12.9. The molecule has 5 nitrogen and oxygen atoms in total. The van der Waals surface area contributed by atoms with Crippen molar-refractivity contribution in [3.05, 3.63) is 65.2 Å². The predicted octanol–water partition coefficient (Wildman–Crippen LogP) is 5.81. The van der Waals surface area contributed by atoms with E-state index in [0.29, 0.717) is 36.8 Å². The van der Waals surface area contributed by atoms with Crippen LogP contribution < -0.4 is 4.74 Å². The maximum Gasteiger partial charge on any atom is 0.248 e. The minimum atomic E-state index is -2.67. The van der Waals surface area contributed by atoms with Crippen LogP contribution in [0.4, 0.5) is 8.78 Å². The second-order valence-electron chi connectivity index (χ2n) is 10.0. The van der Waals surface area contributed by atoms with E-state index in [0.717, 1.165) is 5.56 Å². The minimum Gasteiger partial charge on any atom is -0.490 e. The summed E-state index contributed by atoms with van der Waals surface area (Å²) in [5.41, 5.74) is 1.04. The van der Waals surface area contributed by atoms with E-state index in [9.17, 15) is 18.4 Å². The Morgan fingerprint density at radius 1 is 1.08 bits per heavy atom. The first kappa shape index (κ1) is 26.4. The molecule has 2 atom stereocenters. The van der Waals surface area contributed by atoms with Crippen LogP contribution in [0.5, 0.6) is 5.75 Å². The topological polar surface area (TPSA) is 49.9 Å². The molecule has 1 heterocycles. The predicted molar refractivity (Wildman–Crippen MR) is 135 cm³/mol. The maximum atomic E-state index is 13.6. The number of piperidine rings is 1. The number of carbonyl (C=O) groups is 2. The standard InChI is InChI=1S/C28H33ClF2N2O3/c1-32(18-20-6-3-2-4-7-20)26(34)16-22-19-33(27(35)21-10-13-28(30,31)14-11-21)15-12-25(22)36-24-9-5-8-23(29)17-24/h2-9,17,21-22,25H,10-16,18-19H2,1H3/t22-,25-/m0/s1.